The molecular weight excluding hydrogens is 178 g/mol. The van der Waals surface area contributed by atoms with Crippen LogP contribution in [-0.4, -0.2) is 35.0 Å². The minimum atomic E-state index is -4.02. The average molecular weight is 181 g/mol. The Morgan fingerprint density at radius 1 is 1.64 bits per heavy atom. The minimum absolute atomic E-state index is 0.900. The van der Waals surface area contributed by atoms with Gasteiger partial charge in [-0.1, -0.05) is 0 Å². The first kappa shape index (κ1) is 7.92. The standard InChI is InChI=1S/C3H3NO6S/c5-2(6)3(4(7)8)1-11(3,9)10/h1H2,(H,5,6). The fourth-order valence-corrected chi connectivity index (χ4v) is 2.13. The van der Waals surface area contributed by atoms with Crippen LogP contribution in [-0.2, 0) is 14.6 Å². The van der Waals surface area contributed by atoms with Crippen LogP contribution in [0.25, 0.3) is 0 Å². The van der Waals surface area contributed by atoms with Gasteiger partial charge in [0.2, 0.25) is 9.84 Å². The molecule has 1 heterocycles. The van der Waals surface area contributed by atoms with E-state index in [9.17, 15) is 23.3 Å². The number of carboxylic acid groups (broad SMARTS) is 1. The fourth-order valence-electron chi connectivity index (χ4n) is 0.667. The number of nitro groups is 1. The molecule has 0 aromatic carbocycles. The third-order valence-corrected chi connectivity index (χ3v) is 3.39. The zero-order valence-electron chi connectivity index (χ0n) is 5.05. The normalized spacial score (nSPS) is 32.7. The van der Waals surface area contributed by atoms with E-state index in [-0.39, 0.29) is 0 Å². The van der Waals surface area contributed by atoms with Crippen molar-refractivity contribution in [3.8, 4) is 0 Å². The first-order chi connectivity index (χ1) is 4.84. The highest BCUT2D eigenvalue weighted by Crippen LogP contribution is 2.36. The zero-order chi connectivity index (χ0) is 8.86. The van der Waals surface area contributed by atoms with Crippen molar-refractivity contribution in [3.63, 3.8) is 0 Å². The monoisotopic (exact) mass is 181 g/mol. The number of sulfone groups is 1. The van der Waals surface area contributed by atoms with Gasteiger partial charge in [-0.25, -0.2) is 13.2 Å². The molecule has 1 N–H and O–H groups in total. The van der Waals surface area contributed by atoms with Gasteiger partial charge in [-0.3, -0.25) is 10.1 Å². The van der Waals surface area contributed by atoms with E-state index in [0.717, 1.165) is 0 Å². The van der Waals surface area contributed by atoms with Crippen LogP contribution in [0.5, 0.6) is 0 Å². The molecule has 8 heteroatoms. The largest absolute Gasteiger partial charge is 0.475 e. The van der Waals surface area contributed by atoms with Crippen molar-refractivity contribution >= 4 is 15.8 Å². The van der Waals surface area contributed by atoms with Crippen molar-refractivity contribution in [2.24, 2.45) is 0 Å². The lowest BCUT2D eigenvalue weighted by Crippen LogP contribution is -2.34. The van der Waals surface area contributed by atoms with Crippen LogP contribution in [0.3, 0.4) is 0 Å². The van der Waals surface area contributed by atoms with Gasteiger partial charge in [-0.05, 0) is 0 Å². The maximum atomic E-state index is 10.5. The molecule has 1 atom stereocenters. The van der Waals surface area contributed by atoms with E-state index in [1.807, 2.05) is 0 Å². The Hall–Kier alpha value is -1.18. The van der Waals surface area contributed by atoms with Crippen LogP contribution < -0.4 is 0 Å². The van der Waals surface area contributed by atoms with Gasteiger partial charge in [0.1, 0.15) is 0 Å². The molecule has 0 amide bonds. The van der Waals surface area contributed by atoms with Crippen molar-refractivity contribution in [2.45, 2.75) is 4.87 Å². The summed E-state index contributed by atoms with van der Waals surface area (Å²) in [5.74, 6) is -2.81. The molecule has 1 saturated heterocycles. The lowest BCUT2D eigenvalue weighted by Gasteiger charge is -1.94. The highest BCUT2D eigenvalue weighted by atomic mass is 32.2. The van der Waals surface area contributed by atoms with Gasteiger partial charge in [0.05, 0.1) is 4.92 Å². The van der Waals surface area contributed by atoms with E-state index in [1.54, 1.807) is 0 Å². The van der Waals surface area contributed by atoms with Crippen LogP contribution in [0.2, 0.25) is 0 Å². The predicted molar refractivity (Wildman–Crippen MR) is 31.1 cm³/mol. The lowest BCUT2D eigenvalue weighted by molar-refractivity contribution is -0.510. The van der Waals surface area contributed by atoms with Crippen molar-refractivity contribution in [2.75, 3.05) is 5.75 Å². The van der Waals surface area contributed by atoms with E-state index < -0.39 is 31.4 Å². The molecule has 0 spiro atoms. The summed E-state index contributed by atoms with van der Waals surface area (Å²) in [6.45, 7) is 0. The van der Waals surface area contributed by atoms with Crippen molar-refractivity contribution in [1.82, 2.24) is 0 Å². The quantitative estimate of drug-likeness (QED) is 0.314. The maximum Gasteiger partial charge on any atom is 0.426 e. The first-order valence-corrected chi connectivity index (χ1v) is 4.10. The number of aliphatic carboxylic acids is 1. The molecule has 0 bridgehead atoms. The predicted octanol–water partition coefficient (Wildman–Crippen LogP) is -1.53. The van der Waals surface area contributed by atoms with Crippen LogP contribution >= 0.6 is 0 Å². The van der Waals surface area contributed by atoms with E-state index in [2.05, 4.69) is 0 Å². The van der Waals surface area contributed by atoms with Gasteiger partial charge < -0.3 is 5.11 Å². The summed E-state index contributed by atoms with van der Waals surface area (Å²) in [5.41, 5.74) is 0. The molecule has 1 aliphatic rings. The Kier molecular flexibility index (Phi) is 1.22. The van der Waals surface area contributed by atoms with Gasteiger partial charge in [-0.15, -0.1) is 0 Å². The molecule has 1 unspecified atom stereocenters. The van der Waals surface area contributed by atoms with Gasteiger partial charge in [-0.2, -0.15) is 0 Å². The molecule has 0 radical (unpaired) electrons. The third kappa shape index (κ3) is 0.723. The van der Waals surface area contributed by atoms with Crippen LogP contribution in [0.4, 0.5) is 0 Å². The molecule has 11 heavy (non-hydrogen) atoms. The Balaban J connectivity index is 3.18. The van der Waals surface area contributed by atoms with E-state index in [0.29, 0.717) is 0 Å². The number of hydrogen-bond acceptors (Lipinski definition) is 5. The molecule has 7 nitrogen and oxygen atoms in total. The molecule has 1 aliphatic heterocycles. The zero-order valence-corrected chi connectivity index (χ0v) is 5.87. The summed E-state index contributed by atoms with van der Waals surface area (Å²) in [6, 6.07) is 0. The summed E-state index contributed by atoms with van der Waals surface area (Å²) < 4.78 is 20.9. The average Bonchev–Trinajstić information content (AvgIpc) is 2.35. The molecule has 0 aromatic rings. The Labute approximate surface area is 60.7 Å². The van der Waals surface area contributed by atoms with Crippen molar-refractivity contribution < 1.29 is 23.2 Å². The molecule has 62 valence electrons. The lowest BCUT2D eigenvalue weighted by atomic mass is 10.4. The van der Waals surface area contributed by atoms with Gasteiger partial charge in [0.15, 0.2) is 5.75 Å². The summed E-state index contributed by atoms with van der Waals surface area (Å²) in [4.78, 5) is 16.1. The summed E-state index contributed by atoms with van der Waals surface area (Å²) in [7, 11) is -4.02. The first-order valence-electron chi connectivity index (χ1n) is 2.45. The van der Waals surface area contributed by atoms with Crippen LogP contribution in [0.15, 0.2) is 0 Å². The SMILES string of the molecule is O=C(O)C1([N+](=O)[O-])CS1(=O)=O. The number of rotatable bonds is 2. The third-order valence-electron chi connectivity index (χ3n) is 1.44. The second-order valence-electron chi connectivity index (χ2n) is 2.11. The smallest absolute Gasteiger partial charge is 0.426 e. The Bertz CT molecular complexity index is 314. The molecule has 0 aliphatic carbocycles. The van der Waals surface area contributed by atoms with Crippen molar-refractivity contribution in [3.05, 3.63) is 10.1 Å². The van der Waals surface area contributed by atoms with Gasteiger partial charge >= 0.3 is 10.8 Å². The summed E-state index contributed by atoms with van der Waals surface area (Å²) in [6.07, 6.45) is 0. The summed E-state index contributed by atoms with van der Waals surface area (Å²) >= 11 is 0. The maximum absolute atomic E-state index is 10.5. The van der Waals surface area contributed by atoms with Gasteiger partial charge in [0, 0.05) is 0 Å². The van der Waals surface area contributed by atoms with E-state index in [1.165, 1.54) is 0 Å². The topological polar surface area (TPSA) is 115 Å². The summed E-state index contributed by atoms with van der Waals surface area (Å²) in [5, 5.41) is 18.2. The highest BCUT2D eigenvalue weighted by molar-refractivity contribution is 8.00. The molecule has 1 rings (SSSR count). The molecular formula is C3H3NO6S. The van der Waals surface area contributed by atoms with E-state index in [4.69, 9.17) is 5.11 Å². The van der Waals surface area contributed by atoms with Crippen LogP contribution in [0, 0.1) is 10.1 Å². The number of hydrogen-bond donors (Lipinski definition) is 1. The second-order valence-corrected chi connectivity index (χ2v) is 4.30. The van der Waals surface area contributed by atoms with Crippen molar-refractivity contribution in [1.29, 1.82) is 0 Å². The number of nitrogens with zero attached hydrogens (tertiary/aromatic N) is 1. The second kappa shape index (κ2) is 1.70. The fraction of sp³-hybridized carbons (Fsp3) is 0.667. The Morgan fingerprint density at radius 3 is 2.00 bits per heavy atom. The molecule has 1 fully saturated rings. The minimum Gasteiger partial charge on any atom is -0.475 e. The molecule has 0 saturated carbocycles. The number of carbonyl (C=O) groups is 1. The highest BCUT2D eigenvalue weighted by Gasteiger charge is 2.80. The van der Waals surface area contributed by atoms with E-state index >= 15 is 0 Å². The van der Waals surface area contributed by atoms with Gasteiger partial charge in [0.25, 0.3) is 0 Å². The van der Waals surface area contributed by atoms with Crippen LogP contribution in [0.1, 0.15) is 0 Å². The molecule has 0 aromatic heterocycles. The Morgan fingerprint density at radius 2 is 2.00 bits per heavy atom. The number of carboxylic acids is 1.